The van der Waals surface area contributed by atoms with Gasteiger partial charge in [-0.05, 0) is 31.2 Å². The molecule has 0 aliphatic carbocycles. The fraction of sp³-hybridized carbons (Fsp3) is 0.462. The number of rotatable bonds is 2. The molecule has 1 aliphatic heterocycles. The topological polar surface area (TPSA) is 60.4 Å². The van der Waals surface area contributed by atoms with Gasteiger partial charge in [0.15, 0.2) is 0 Å². The van der Waals surface area contributed by atoms with Crippen molar-refractivity contribution in [1.82, 2.24) is 0 Å². The van der Waals surface area contributed by atoms with Crippen LogP contribution in [0.4, 0.5) is 4.79 Å². The Labute approximate surface area is 127 Å². The van der Waals surface area contributed by atoms with Crippen molar-refractivity contribution in [2.24, 2.45) is 0 Å². The van der Waals surface area contributed by atoms with E-state index in [9.17, 15) is 13.2 Å². The molecule has 2 atom stereocenters. The second-order valence-corrected chi connectivity index (χ2v) is 7.90. The first kappa shape index (κ1) is 15.5. The molecule has 1 heterocycles. The van der Waals surface area contributed by atoms with Gasteiger partial charge in [0.25, 0.3) is 0 Å². The predicted molar refractivity (Wildman–Crippen MR) is 77.6 cm³/mol. The molecule has 1 aliphatic rings. The Morgan fingerprint density at radius 3 is 2.40 bits per heavy atom. The molecule has 1 aromatic rings. The van der Waals surface area contributed by atoms with Gasteiger partial charge in [-0.2, -0.15) is 13.2 Å². The van der Waals surface area contributed by atoms with Crippen LogP contribution in [0.15, 0.2) is 33.6 Å². The van der Waals surface area contributed by atoms with Gasteiger partial charge in [-0.15, -0.1) is 3.89 Å². The SMILES string of the molecule is COC(=O)[N+]1(S(=O)(=O)c2ccc(Br)cc2)CCC[C@H]1C. The first-order chi connectivity index (χ1) is 9.36. The lowest BCUT2D eigenvalue weighted by atomic mass is 10.2. The number of nitrogens with zero attached hydrogens (tertiary/aromatic N) is 1. The van der Waals surface area contributed by atoms with Crippen LogP contribution in [0.5, 0.6) is 0 Å². The number of sulfonamides is 1. The molecule has 7 heteroatoms. The minimum Gasteiger partial charge on any atom is -0.423 e. The molecule has 20 heavy (non-hydrogen) atoms. The normalized spacial score (nSPS) is 26.4. The van der Waals surface area contributed by atoms with Gasteiger partial charge in [-0.1, -0.05) is 15.9 Å². The summed E-state index contributed by atoms with van der Waals surface area (Å²) in [6.45, 7) is 2.03. The van der Waals surface area contributed by atoms with Crippen molar-refractivity contribution in [3.63, 3.8) is 0 Å². The smallest absolute Gasteiger partial charge is 0.423 e. The maximum Gasteiger partial charge on any atom is 0.531 e. The van der Waals surface area contributed by atoms with Gasteiger partial charge in [0.05, 0.1) is 7.11 Å². The Kier molecular flexibility index (Phi) is 4.22. The fourth-order valence-electron chi connectivity index (χ4n) is 2.73. The monoisotopic (exact) mass is 362 g/mol. The van der Waals surface area contributed by atoms with E-state index < -0.39 is 20.0 Å². The van der Waals surface area contributed by atoms with Crippen LogP contribution in [0.3, 0.4) is 0 Å². The molecule has 0 N–H and O–H groups in total. The molecule has 1 saturated heterocycles. The van der Waals surface area contributed by atoms with Crippen molar-refractivity contribution in [2.45, 2.75) is 30.7 Å². The largest absolute Gasteiger partial charge is 0.531 e. The van der Waals surface area contributed by atoms with Crippen molar-refractivity contribution >= 4 is 32.0 Å². The van der Waals surface area contributed by atoms with Gasteiger partial charge in [0, 0.05) is 17.3 Å². The molecule has 110 valence electrons. The van der Waals surface area contributed by atoms with E-state index >= 15 is 0 Å². The van der Waals surface area contributed by atoms with Crippen molar-refractivity contribution < 1.29 is 21.8 Å². The number of hydrogen-bond acceptors (Lipinski definition) is 4. The molecule has 1 amide bonds. The number of carbonyl (C=O) groups is 1. The molecular weight excluding hydrogens is 346 g/mol. The van der Waals surface area contributed by atoms with E-state index in [0.29, 0.717) is 12.8 Å². The van der Waals surface area contributed by atoms with Crippen molar-refractivity contribution in [1.29, 1.82) is 0 Å². The Morgan fingerprint density at radius 1 is 1.35 bits per heavy atom. The molecule has 0 radical (unpaired) electrons. The highest BCUT2D eigenvalue weighted by Gasteiger charge is 2.58. The maximum atomic E-state index is 12.9. The Hall–Kier alpha value is -0.920. The second-order valence-electron chi connectivity index (χ2n) is 4.91. The average Bonchev–Trinajstić information content (AvgIpc) is 2.81. The zero-order valence-electron chi connectivity index (χ0n) is 11.4. The minimum atomic E-state index is -3.84. The van der Waals surface area contributed by atoms with Crippen molar-refractivity contribution in [3.8, 4) is 0 Å². The number of halogens is 1. The fourth-order valence-corrected chi connectivity index (χ4v) is 5.07. The van der Waals surface area contributed by atoms with Crippen LogP contribution in [0, 0.1) is 0 Å². The van der Waals surface area contributed by atoms with E-state index in [0.717, 1.165) is 4.47 Å². The van der Waals surface area contributed by atoms with Crippen molar-refractivity contribution in [2.75, 3.05) is 13.7 Å². The molecule has 1 aromatic carbocycles. The summed E-state index contributed by atoms with van der Waals surface area (Å²) in [4.78, 5) is 12.3. The number of ether oxygens (including phenoxy) is 1. The molecule has 1 unspecified atom stereocenters. The third-order valence-electron chi connectivity index (χ3n) is 3.85. The summed E-state index contributed by atoms with van der Waals surface area (Å²) in [5.41, 5.74) is 0. The van der Waals surface area contributed by atoms with Crippen LogP contribution in [-0.4, -0.2) is 38.1 Å². The Morgan fingerprint density at radius 2 is 1.95 bits per heavy atom. The lowest BCUT2D eigenvalue weighted by Crippen LogP contribution is -2.58. The summed E-state index contributed by atoms with van der Waals surface area (Å²) in [5, 5.41) is 0. The van der Waals surface area contributed by atoms with Crippen LogP contribution >= 0.6 is 15.9 Å². The summed E-state index contributed by atoms with van der Waals surface area (Å²) in [7, 11) is -2.61. The zero-order chi connectivity index (χ0) is 15.0. The lowest BCUT2D eigenvalue weighted by Gasteiger charge is -2.32. The van der Waals surface area contributed by atoms with E-state index in [1.54, 1.807) is 19.1 Å². The summed E-state index contributed by atoms with van der Waals surface area (Å²) >= 11 is 3.27. The van der Waals surface area contributed by atoms with E-state index in [-0.39, 0.29) is 17.5 Å². The highest BCUT2D eigenvalue weighted by atomic mass is 79.9. The molecule has 0 spiro atoms. The van der Waals surface area contributed by atoms with Crippen LogP contribution in [0.25, 0.3) is 0 Å². The zero-order valence-corrected chi connectivity index (χ0v) is 13.8. The second kappa shape index (κ2) is 5.46. The van der Waals surface area contributed by atoms with E-state index in [2.05, 4.69) is 15.9 Å². The summed E-state index contributed by atoms with van der Waals surface area (Å²) in [6.07, 6.45) is 0.662. The molecule has 2 rings (SSSR count). The molecule has 1 fully saturated rings. The van der Waals surface area contributed by atoms with Crippen molar-refractivity contribution in [3.05, 3.63) is 28.7 Å². The van der Waals surface area contributed by atoms with E-state index in [1.807, 2.05) is 0 Å². The Bertz CT molecular complexity index is 614. The van der Waals surface area contributed by atoms with Crippen LogP contribution < -0.4 is 0 Å². The van der Waals surface area contributed by atoms with Gasteiger partial charge < -0.3 is 4.74 Å². The Balaban J connectivity index is 2.59. The van der Waals surface area contributed by atoms with Gasteiger partial charge in [-0.3, -0.25) is 0 Å². The third-order valence-corrected chi connectivity index (χ3v) is 6.79. The number of amides is 1. The van der Waals surface area contributed by atoms with Crippen LogP contribution in [0.2, 0.25) is 0 Å². The molecule has 0 aromatic heterocycles. The lowest BCUT2D eigenvalue weighted by molar-refractivity contribution is -0.742. The average molecular weight is 363 g/mol. The number of quaternary nitrogens is 1. The van der Waals surface area contributed by atoms with Gasteiger partial charge in [-0.25, -0.2) is 0 Å². The maximum absolute atomic E-state index is 12.9. The van der Waals surface area contributed by atoms with Gasteiger partial charge in [0.2, 0.25) is 0 Å². The summed E-state index contributed by atoms with van der Waals surface area (Å²) < 4.78 is 30.8. The number of likely N-dealkylation sites (tertiary alicyclic amines) is 1. The summed E-state index contributed by atoms with van der Waals surface area (Å²) in [6, 6.07) is 6.01. The highest BCUT2D eigenvalue weighted by molar-refractivity contribution is 9.10. The van der Waals surface area contributed by atoms with E-state index in [1.165, 1.54) is 19.2 Å². The number of carbonyl (C=O) groups excluding carboxylic acids is 1. The van der Waals surface area contributed by atoms with Gasteiger partial charge in [0.1, 0.15) is 17.5 Å². The van der Waals surface area contributed by atoms with Crippen LogP contribution in [0.1, 0.15) is 19.8 Å². The van der Waals surface area contributed by atoms with Crippen LogP contribution in [-0.2, 0) is 14.8 Å². The molecular formula is C13H17BrNO4S+. The standard InChI is InChI=1S/C13H17BrNO4S/c1-10-4-3-9-15(10,13(16)19-2)20(17,18)12-7-5-11(14)6-8-12/h5-8,10H,3-4,9H2,1-2H3/q+1/t10-,15?/m1/s1. The molecule has 5 nitrogen and oxygen atoms in total. The predicted octanol–water partition coefficient (Wildman–Crippen LogP) is 2.90. The quantitative estimate of drug-likeness (QED) is 0.758. The summed E-state index contributed by atoms with van der Waals surface area (Å²) in [5.74, 6) is 0. The third kappa shape index (κ3) is 2.17. The van der Waals surface area contributed by atoms with Gasteiger partial charge >= 0.3 is 16.1 Å². The molecule has 0 bridgehead atoms. The molecule has 0 saturated carbocycles. The number of methoxy groups -OCH3 is 1. The number of benzene rings is 1. The van der Waals surface area contributed by atoms with E-state index in [4.69, 9.17) is 4.74 Å². The minimum absolute atomic E-state index is 0.139. The first-order valence-corrected chi connectivity index (χ1v) is 8.56. The number of hydrogen-bond donors (Lipinski definition) is 0. The first-order valence-electron chi connectivity index (χ1n) is 6.33. The highest BCUT2D eigenvalue weighted by Crippen LogP contribution is 2.36.